The lowest BCUT2D eigenvalue weighted by atomic mass is 9.99. The van der Waals surface area contributed by atoms with Crippen molar-refractivity contribution < 1.29 is 39.8 Å². The van der Waals surface area contributed by atoms with E-state index in [9.17, 15) is 30.3 Å². The summed E-state index contributed by atoms with van der Waals surface area (Å²) in [5.41, 5.74) is 0. The van der Waals surface area contributed by atoms with Crippen molar-refractivity contribution in [2.45, 2.75) is 249 Å². The van der Waals surface area contributed by atoms with Gasteiger partial charge in [0.2, 0.25) is 5.91 Å². The van der Waals surface area contributed by atoms with Crippen LogP contribution in [0.15, 0.2) is 24.3 Å². The third kappa shape index (κ3) is 27.9. The largest absolute Gasteiger partial charge is 0.394 e. The first-order valence-electron chi connectivity index (χ1n) is 23.1. The average molecular weight is 782 g/mol. The number of aliphatic hydroxyl groups is 5. The Kier molecular flexibility index (Phi) is 34.7. The summed E-state index contributed by atoms with van der Waals surface area (Å²) in [6.07, 6.45) is 36.0. The van der Waals surface area contributed by atoms with Crippen molar-refractivity contribution in [3.05, 3.63) is 24.3 Å². The van der Waals surface area contributed by atoms with Crippen LogP contribution in [-0.2, 0) is 14.3 Å². The van der Waals surface area contributed by atoms with Gasteiger partial charge in [0.25, 0.3) is 0 Å². The average Bonchev–Trinajstić information content (AvgIpc) is 3.18. The number of hydrogen-bond donors (Lipinski definition) is 6. The Labute approximate surface area is 337 Å². The summed E-state index contributed by atoms with van der Waals surface area (Å²) in [5.74, 6) is -0.156. The van der Waals surface area contributed by atoms with Crippen LogP contribution in [0.3, 0.4) is 0 Å². The first-order chi connectivity index (χ1) is 26.8. The van der Waals surface area contributed by atoms with E-state index in [0.717, 1.165) is 57.8 Å². The van der Waals surface area contributed by atoms with Gasteiger partial charge in [-0.25, -0.2) is 0 Å². The molecule has 1 aliphatic rings. The van der Waals surface area contributed by atoms with Gasteiger partial charge < -0.3 is 40.3 Å². The van der Waals surface area contributed by atoms with E-state index in [4.69, 9.17) is 9.47 Å². The monoisotopic (exact) mass is 782 g/mol. The van der Waals surface area contributed by atoms with E-state index >= 15 is 0 Å². The molecule has 9 nitrogen and oxygen atoms in total. The van der Waals surface area contributed by atoms with E-state index < -0.39 is 49.5 Å². The van der Waals surface area contributed by atoms with Gasteiger partial charge in [-0.3, -0.25) is 4.79 Å². The molecule has 0 aliphatic carbocycles. The molecule has 0 spiro atoms. The number of nitrogens with one attached hydrogen (secondary N) is 1. The second-order valence-electron chi connectivity index (χ2n) is 16.2. The molecular weight excluding hydrogens is 695 g/mol. The SMILES string of the molecule is CCCCC/C=C\C=C/CCCCCCCCC(=O)NC(COC1OC(CO)C(O)C(O)C1O)C(O)CCCCCCCCCCCCCCCCCCC. The minimum absolute atomic E-state index is 0.141. The van der Waals surface area contributed by atoms with Crippen molar-refractivity contribution >= 4 is 5.91 Å². The Morgan fingerprint density at radius 3 is 1.56 bits per heavy atom. The van der Waals surface area contributed by atoms with Gasteiger partial charge in [0.1, 0.15) is 24.4 Å². The first kappa shape index (κ1) is 51.7. The fraction of sp³-hybridized carbons (Fsp3) is 0.891. The van der Waals surface area contributed by atoms with Crippen LogP contribution in [0.2, 0.25) is 0 Å². The molecule has 1 saturated heterocycles. The highest BCUT2D eigenvalue weighted by molar-refractivity contribution is 5.76. The van der Waals surface area contributed by atoms with Crippen LogP contribution in [0.5, 0.6) is 0 Å². The van der Waals surface area contributed by atoms with Gasteiger partial charge >= 0.3 is 0 Å². The number of unbranched alkanes of at least 4 members (excludes halogenated alkanes) is 25. The maximum absolute atomic E-state index is 13.0. The minimum atomic E-state index is -1.55. The van der Waals surface area contributed by atoms with Gasteiger partial charge in [-0.05, 0) is 38.5 Å². The number of ether oxygens (including phenoxy) is 2. The van der Waals surface area contributed by atoms with Gasteiger partial charge in [0.15, 0.2) is 6.29 Å². The Bertz CT molecular complexity index is 914. The van der Waals surface area contributed by atoms with E-state index in [1.165, 1.54) is 122 Å². The molecule has 1 amide bonds. The molecular formula is C46H87NO8. The maximum atomic E-state index is 13.0. The summed E-state index contributed by atoms with van der Waals surface area (Å²) in [4.78, 5) is 13.0. The fourth-order valence-electron chi connectivity index (χ4n) is 7.33. The molecule has 7 atom stereocenters. The number of allylic oxidation sites excluding steroid dienone is 4. The molecule has 0 saturated carbocycles. The molecule has 0 radical (unpaired) electrons. The van der Waals surface area contributed by atoms with Crippen molar-refractivity contribution in [2.75, 3.05) is 13.2 Å². The van der Waals surface area contributed by atoms with Gasteiger partial charge in [0.05, 0.1) is 25.4 Å². The maximum Gasteiger partial charge on any atom is 0.220 e. The fourth-order valence-corrected chi connectivity index (χ4v) is 7.33. The van der Waals surface area contributed by atoms with Crippen LogP contribution in [0, 0.1) is 0 Å². The summed E-state index contributed by atoms with van der Waals surface area (Å²) in [7, 11) is 0. The zero-order valence-corrected chi connectivity index (χ0v) is 35.4. The van der Waals surface area contributed by atoms with Crippen molar-refractivity contribution in [1.82, 2.24) is 5.32 Å². The Balaban J connectivity index is 2.34. The normalized spacial score (nSPS) is 21.5. The lowest BCUT2D eigenvalue weighted by Crippen LogP contribution is -2.60. The van der Waals surface area contributed by atoms with Crippen molar-refractivity contribution in [3.8, 4) is 0 Å². The second kappa shape index (κ2) is 37.0. The van der Waals surface area contributed by atoms with Crippen LogP contribution in [0.4, 0.5) is 0 Å². The molecule has 0 aromatic heterocycles. The van der Waals surface area contributed by atoms with E-state index in [1.54, 1.807) is 0 Å². The van der Waals surface area contributed by atoms with Crippen LogP contribution < -0.4 is 5.32 Å². The number of amides is 1. The first-order valence-corrected chi connectivity index (χ1v) is 23.1. The summed E-state index contributed by atoms with van der Waals surface area (Å²) >= 11 is 0. The standard InChI is InChI=1S/C46H87NO8/c1-3-5-7-9-11-13-15-17-19-20-22-23-25-27-29-31-33-35-40(49)39(38-54-46-45(53)44(52)43(51)41(37-48)55-46)47-42(50)36-34-32-30-28-26-24-21-18-16-14-12-10-8-6-4-2/h12,14,16,18,39-41,43-46,48-49,51-53H,3-11,13,15,17,19-38H2,1-2H3,(H,47,50)/b14-12-,18-16-. The van der Waals surface area contributed by atoms with Gasteiger partial charge in [-0.15, -0.1) is 0 Å². The summed E-state index contributed by atoms with van der Waals surface area (Å²) in [5, 5.41) is 54.3. The number of rotatable bonds is 38. The van der Waals surface area contributed by atoms with Crippen molar-refractivity contribution in [1.29, 1.82) is 0 Å². The highest BCUT2D eigenvalue weighted by Crippen LogP contribution is 2.23. The predicted molar refractivity (Wildman–Crippen MR) is 226 cm³/mol. The topological polar surface area (TPSA) is 149 Å². The van der Waals surface area contributed by atoms with Crippen LogP contribution in [0.1, 0.15) is 206 Å². The summed E-state index contributed by atoms with van der Waals surface area (Å²) in [6.45, 7) is 3.80. The van der Waals surface area contributed by atoms with Crippen LogP contribution in [0.25, 0.3) is 0 Å². The van der Waals surface area contributed by atoms with Crippen molar-refractivity contribution in [2.24, 2.45) is 0 Å². The second-order valence-corrected chi connectivity index (χ2v) is 16.2. The number of carbonyl (C=O) groups excluding carboxylic acids is 1. The number of hydrogen-bond acceptors (Lipinski definition) is 8. The molecule has 7 unspecified atom stereocenters. The number of carbonyl (C=O) groups is 1. The minimum Gasteiger partial charge on any atom is -0.394 e. The molecule has 1 fully saturated rings. The summed E-state index contributed by atoms with van der Waals surface area (Å²) in [6, 6.07) is -0.722. The van der Waals surface area contributed by atoms with Crippen LogP contribution in [-0.4, -0.2) is 87.5 Å². The van der Waals surface area contributed by atoms with E-state index in [0.29, 0.717) is 12.8 Å². The van der Waals surface area contributed by atoms with Gasteiger partial charge in [0, 0.05) is 6.42 Å². The molecule has 1 aliphatic heterocycles. The quantitative estimate of drug-likeness (QED) is 0.0268. The highest BCUT2D eigenvalue weighted by Gasteiger charge is 2.44. The predicted octanol–water partition coefficient (Wildman–Crippen LogP) is 9.50. The van der Waals surface area contributed by atoms with E-state index in [2.05, 4.69) is 43.5 Å². The van der Waals surface area contributed by atoms with Crippen molar-refractivity contribution in [3.63, 3.8) is 0 Å². The molecule has 0 aromatic carbocycles. The molecule has 1 heterocycles. The lowest BCUT2D eigenvalue weighted by molar-refractivity contribution is -0.302. The molecule has 0 bridgehead atoms. The molecule has 324 valence electrons. The molecule has 9 heteroatoms. The Hall–Kier alpha value is -1.33. The Morgan fingerprint density at radius 1 is 0.618 bits per heavy atom. The lowest BCUT2D eigenvalue weighted by Gasteiger charge is -2.40. The smallest absolute Gasteiger partial charge is 0.220 e. The van der Waals surface area contributed by atoms with Gasteiger partial charge in [-0.2, -0.15) is 0 Å². The molecule has 0 aromatic rings. The van der Waals surface area contributed by atoms with E-state index in [1.807, 2.05) is 0 Å². The third-order valence-corrected chi connectivity index (χ3v) is 11.1. The molecule has 6 N–H and O–H groups in total. The van der Waals surface area contributed by atoms with Crippen LogP contribution >= 0.6 is 0 Å². The van der Waals surface area contributed by atoms with Gasteiger partial charge in [-0.1, -0.05) is 186 Å². The summed E-state index contributed by atoms with van der Waals surface area (Å²) < 4.78 is 11.3. The molecule has 1 rings (SSSR count). The zero-order chi connectivity index (χ0) is 40.2. The molecule has 55 heavy (non-hydrogen) atoms. The highest BCUT2D eigenvalue weighted by atomic mass is 16.7. The Morgan fingerprint density at radius 2 is 1.05 bits per heavy atom. The third-order valence-electron chi connectivity index (χ3n) is 11.1. The zero-order valence-electron chi connectivity index (χ0n) is 35.4. The number of aliphatic hydroxyl groups excluding tert-OH is 5. The van der Waals surface area contributed by atoms with E-state index in [-0.39, 0.29) is 12.5 Å².